The number of thioether (sulfide) groups is 1. The number of fused-ring (bicyclic) bond motifs is 1. The lowest BCUT2D eigenvalue weighted by atomic mass is 10.1. The molecule has 2 amide bonds. The first-order valence-electron chi connectivity index (χ1n) is 12.5. The van der Waals surface area contributed by atoms with E-state index >= 15 is 0 Å². The van der Waals surface area contributed by atoms with Gasteiger partial charge in [-0.2, -0.15) is 0 Å². The number of rotatable bonds is 5. The summed E-state index contributed by atoms with van der Waals surface area (Å²) in [6.45, 7) is 8.92. The number of anilines is 1. The zero-order valence-corrected chi connectivity index (χ0v) is 21.6. The standard InChI is InChI=1S/C30H31N3O2S/c1-3-31-14-16-32(17-15-31)29(34)25-12-13-27-26(20-25)33(21-24-11-7-8-22(2)18-24)30(35)28(36-27)19-23-9-5-4-6-10-23/h4-13,18-20H,3,14-17,21H2,1-2H3. The minimum atomic E-state index is -0.0426. The SMILES string of the molecule is CCN1CCN(C(=O)c2ccc3c(c2)N(Cc2cccc(C)c2)C(=O)C(=Cc2ccccc2)S3)CC1. The van der Waals surface area contributed by atoms with Crippen LogP contribution in [0.2, 0.25) is 0 Å². The van der Waals surface area contributed by atoms with Crippen LogP contribution in [0.1, 0.15) is 34.0 Å². The molecule has 0 bridgehead atoms. The van der Waals surface area contributed by atoms with Crippen molar-refractivity contribution in [1.29, 1.82) is 0 Å². The van der Waals surface area contributed by atoms with Crippen LogP contribution in [0.25, 0.3) is 6.08 Å². The molecular formula is C30H31N3O2S. The van der Waals surface area contributed by atoms with Crippen molar-refractivity contribution < 1.29 is 9.59 Å². The molecule has 0 unspecified atom stereocenters. The van der Waals surface area contributed by atoms with Crippen LogP contribution in [0, 0.1) is 6.92 Å². The number of amides is 2. The fourth-order valence-corrected chi connectivity index (χ4v) is 5.78. The number of hydrogen-bond acceptors (Lipinski definition) is 4. The van der Waals surface area contributed by atoms with Crippen LogP contribution < -0.4 is 4.90 Å². The average molecular weight is 498 g/mol. The molecule has 1 saturated heterocycles. The highest BCUT2D eigenvalue weighted by Gasteiger charge is 2.31. The van der Waals surface area contributed by atoms with Crippen LogP contribution in [0.15, 0.2) is 82.6 Å². The monoisotopic (exact) mass is 497 g/mol. The molecule has 5 nitrogen and oxygen atoms in total. The Bertz CT molecular complexity index is 1300. The van der Waals surface area contributed by atoms with Gasteiger partial charge in [0, 0.05) is 36.6 Å². The molecule has 0 aliphatic carbocycles. The minimum absolute atomic E-state index is 0.0344. The van der Waals surface area contributed by atoms with E-state index in [2.05, 4.69) is 30.9 Å². The third-order valence-electron chi connectivity index (χ3n) is 6.80. The number of likely N-dealkylation sites (N-methyl/N-ethyl adjacent to an activating group) is 1. The Labute approximate surface area is 217 Å². The molecule has 3 aromatic rings. The van der Waals surface area contributed by atoms with Gasteiger partial charge < -0.3 is 14.7 Å². The van der Waals surface area contributed by atoms with Gasteiger partial charge in [-0.1, -0.05) is 78.8 Å². The first kappa shape index (κ1) is 24.3. The smallest absolute Gasteiger partial charge is 0.265 e. The van der Waals surface area contributed by atoms with E-state index in [1.54, 1.807) is 0 Å². The minimum Gasteiger partial charge on any atom is -0.336 e. The summed E-state index contributed by atoms with van der Waals surface area (Å²) >= 11 is 1.47. The Morgan fingerprint density at radius 3 is 2.44 bits per heavy atom. The molecule has 0 saturated carbocycles. The quantitative estimate of drug-likeness (QED) is 0.440. The zero-order chi connectivity index (χ0) is 25.1. The normalized spacial score (nSPS) is 17.4. The average Bonchev–Trinajstić information content (AvgIpc) is 2.91. The summed E-state index contributed by atoms with van der Waals surface area (Å²) in [5, 5.41) is 0. The van der Waals surface area contributed by atoms with Gasteiger partial charge in [0.25, 0.3) is 11.8 Å². The molecule has 2 aliphatic rings. The highest BCUT2D eigenvalue weighted by molar-refractivity contribution is 8.04. The number of aryl methyl sites for hydroxylation is 1. The van der Waals surface area contributed by atoms with E-state index in [4.69, 9.17) is 0 Å². The van der Waals surface area contributed by atoms with E-state index in [0.29, 0.717) is 17.0 Å². The van der Waals surface area contributed by atoms with Crippen molar-refractivity contribution in [2.24, 2.45) is 0 Å². The lowest BCUT2D eigenvalue weighted by Gasteiger charge is -2.35. The van der Waals surface area contributed by atoms with Gasteiger partial charge in [-0.25, -0.2) is 0 Å². The van der Waals surface area contributed by atoms with Crippen molar-refractivity contribution in [1.82, 2.24) is 9.80 Å². The van der Waals surface area contributed by atoms with Gasteiger partial charge in [-0.3, -0.25) is 9.59 Å². The van der Waals surface area contributed by atoms with Gasteiger partial charge in [0.2, 0.25) is 0 Å². The van der Waals surface area contributed by atoms with E-state index in [1.807, 2.05) is 76.5 Å². The fourth-order valence-electron chi connectivity index (χ4n) is 4.74. The number of benzene rings is 3. The Morgan fingerprint density at radius 1 is 0.944 bits per heavy atom. The second-order valence-electron chi connectivity index (χ2n) is 9.31. The van der Waals surface area contributed by atoms with Crippen LogP contribution in [0.3, 0.4) is 0 Å². The summed E-state index contributed by atoms with van der Waals surface area (Å²) in [4.78, 5) is 34.9. The van der Waals surface area contributed by atoms with Crippen LogP contribution in [0.5, 0.6) is 0 Å². The molecule has 0 aromatic heterocycles. The molecule has 1 fully saturated rings. The van der Waals surface area contributed by atoms with Gasteiger partial charge in [0.1, 0.15) is 0 Å². The molecule has 2 heterocycles. The summed E-state index contributed by atoms with van der Waals surface area (Å²) in [5.41, 5.74) is 4.64. The van der Waals surface area contributed by atoms with Gasteiger partial charge in [0.05, 0.1) is 17.1 Å². The predicted octanol–water partition coefficient (Wildman–Crippen LogP) is 5.45. The second kappa shape index (κ2) is 10.7. The molecule has 0 N–H and O–H groups in total. The van der Waals surface area contributed by atoms with Crippen molar-refractivity contribution in [2.45, 2.75) is 25.3 Å². The first-order valence-corrected chi connectivity index (χ1v) is 13.3. The Morgan fingerprint density at radius 2 is 1.72 bits per heavy atom. The third kappa shape index (κ3) is 5.25. The second-order valence-corrected chi connectivity index (χ2v) is 10.4. The highest BCUT2D eigenvalue weighted by atomic mass is 32.2. The maximum absolute atomic E-state index is 13.8. The lowest BCUT2D eigenvalue weighted by Crippen LogP contribution is -2.48. The summed E-state index contributed by atoms with van der Waals surface area (Å²) in [6.07, 6.45) is 1.95. The van der Waals surface area contributed by atoms with Crippen LogP contribution >= 0.6 is 11.8 Å². The van der Waals surface area contributed by atoms with Gasteiger partial charge >= 0.3 is 0 Å². The van der Waals surface area contributed by atoms with Crippen molar-refractivity contribution >= 4 is 35.3 Å². The Kier molecular flexibility index (Phi) is 7.25. The molecule has 2 aliphatic heterocycles. The molecule has 3 aromatic carbocycles. The van der Waals surface area contributed by atoms with Crippen molar-refractivity contribution in [3.63, 3.8) is 0 Å². The van der Waals surface area contributed by atoms with Crippen LogP contribution in [0.4, 0.5) is 5.69 Å². The molecule has 0 radical (unpaired) electrons. The van der Waals surface area contributed by atoms with E-state index in [-0.39, 0.29) is 11.8 Å². The topological polar surface area (TPSA) is 43.9 Å². The van der Waals surface area contributed by atoms with Crippen LogP contribution in [-0.2, 0) is 11.3 Å². The number of hydrogen-bond donors (Lipinski definition) is 0. The third-order valence-corrected chi connectivity index (χ3v) is 7.88. The fraction of sp³-hybridized carbons (Fsp3) is 0.267. The van der Waals surface area contributed by atoms with Gasteiger partial charge in [0.15, 0.2) is 0 Å². The van der Waals surface area contributed by atoms with E-state index in [1.165, 1.54) is 11.8 Å². The predicted molar refractivity (Wildman–Crippen MR) is 147 cm³/mol. The highest BCUT2D eigenvalue weighted by Crippen LogP contribution is 2.43. The summed E-state index contributed by atoms with van der Waals surface area (Å²) in [6, 6.07) is 24.0. The summed E-state index contributed by atoms with van der Waals surface area (Å²) in [5.74, 6) is -0.00819. The molecular weight excluding hydrogens is 466 g/mol. The Balaban J connectivity index is 1.49. The summed E-state index contributed by atoms with van der Waals surface area (Å²) in [7, 11) is 0. The molecule has 0 atom stereocenters. The van der Waals surface area contributed by atoms with Gasteiger partial charge in [-0.05, 0) is 48.9 Å². The molecule has 184 valence electrons. The molecule has 5 rings (SSSR count). The van der Waals surface area contributed by atoms with E-state index in [9.17, 15) is 9.59 Å². The number of nitrogens with zero attached hydrogens (tertiary/aromatic N) is 3. The van der Waals surface area contributed by atoms with E-state index in [0.717, 1.165) is 60.0 Å². The van der Waals surface area contributed by atoms with Crippen molar-refractivity contribution in [3.8, 4) is 0 Å². The van der Waals surface area contributed by atoms with Crippen molar-refractivity contribution in [3.05, 3.63) is 100.0 Å². The molecule has 36 heavy (non-hydrogen) atoms. The maximum Gasteiger partial charge on any atom is 0.265 e. The number of piperazine rings is 1. The number of carbonyl (C=O) groups is 2. The largest absolute Gasteiger partial charge is 0.336 e. The maximum atomic E-state index is 13.8. The van der Waals surface area contributed by atoms with Gasteiger partial charge in [-0.15, -0.1) is 0 Å². The Hall–Kier alpha value is -3.35. The zero-order valence-electron chi connectivity index (χ0n) is 20.8. The summed E-state index contributed by atoms with van der Waals surface area (Å²) < 4.78 is 0. The molecule has 0 spiro atoms. The molecule has 6 heteroatoms. The van der Waals surface area contributed by atoms with E-state index < -0.39 is 0 Å². The first-order chi connectivity index (χ1) is 17.5. The van der Waals surface area contributed by atoms with Crippen molar-refractivity contribution in [2.75, 3.05) is 37.6 Å². The van der Waals surface area contributed by atoms with Crippen LogP contribution in [-0.4, -0.2) is 54.3 Å². The lowest BCUT2D eigenvalue weighted by molar-refractivity contribution is -0.114. The number of carbonyl (C=O) groups excluding carboxylic acids is 2.